The van der Waals surface area contributed by atoms with Gasteiger partial charge in [-0.05, 0) is 25.5 Å². The van der Waals surface area contributed by atoms with Crippen molar-refractivity contribution in [1.29, 1.82) is 0 Å². The van der Waals surface area contributed by atoms with Crippen molar-refractivity contribution in [3.05, 3.63) is 29.3 Å². The highest BCUT2D eigenvalue weighted by Gasteiger charge is 2.31. The summed E-state index contributed by atoms with van der Waals surface area (Å²) in [4.78, 5) is 4.56. The molecule has 1 aliphatic rings. The first-order chi connectivity index (χ1) is 6.01. The first-order valence-electron chi connectivity index (χ1n) is 4.69. The van der Waals surface area contributed by atoms with Crippen molar-refractivity contribution in [2.75, 3.05) is 0 Å². The van der Waals surface area contributed by atoms with Gasteiger partial charge in [-0.2, -0.15) is 0 Å². The van der Waals surface area contributed by atoms with Crippen LogP contribution in [0, 0.1) is 6.92 Å². The molecule has 0 saturated carbocycles. The predicted molar refractivity (Wildman–Crippen MR) is 57.0 cm³/mol. The summed E-state index contributed by atoms with van der Waals surface area (Å²) in [6.45, 7) is 8.70. The van der Waals surface area contributed by atoms with Crippen LogP contribution in [0.5, 0.6) is 0 Å². The number of aliphatic imine (C=N–C) groups is 1. The standard InChI is InChI=1S/C12H15N/c1-8-5-6-11-10(7-8)12(3,4)9(2)13-11/h5-7H,1-4H3. The highest BCUT2D eigenvalue weighted by Crippen LogP contribution is 2.39. The monoisotopic (exact) mass is 173 g/mol. The van der Waals surface area contributed by atoms with Crippen LogP contribution in [0.2, 0.25) is 0 Å². The quantitative estimate of drug-likeness (QED) is 0.570. The number of benzene rings is 1. The fourth-order valence-electron chi connectivity index (χ4n) is 1.76. The molecule has 0 N–H and O–H groups in total. The third-order valence-corrected chi connectivity index (χ3v) is 3.02. The molecule has 68 valence electrons. The maximum atomic E-state index is 4.56. The maximum absolute atomic E-state index is 4.56. The Bertz CT molecular complexity index is 386. The molecule has 1 aromatic rings. The lowest BCUT2D eigenvalue weighted by atomic mass is 9.82. The maximum Gasteiger partial charge on any atom is 0.0670 e. The molecule has 0 atom stereocenters. The highest BCUT2D eigenvalue weighted by atomic mass is 14.8. The van der Waals surface area contributed by atoms with Gasteiger partial charge < -0.3 is 0 Å². The van der Waals surface area contributed by atoms with E-state index in [0.29, 0.717) is 0 Å². The molecule has 1 heteroatoms. The molecular weight excluding hydrogens is 158 g/mol. The highest BCUT2D eigenvalue weighted by molar-refractivity contribution is 5.99. The van der Waals surface area contributed by atoms with Crippen molar-refractivity contribution in [3.63, 3.8) is 0 Å². The van der Waals surface area contributed by atoms with Crippen LogP contribution < -0.4 is 0 Å². The molecule has 0 radical (unpaired) electrons. The number of aryl methyl sites for hydroxylation is 1. The second-order valence-corrected chi connectivity index (χ2v) is 4.34. The number of hydrogen-bond donors (Lipinski definition) is 0. The second kappa shape index (κ2) is 2.44. The van der Waals surface area contributed by atoms with Crippen LogP contribution in [0.4, 0.5) is 5.69 Å². The van der Waals surface area contributed by atoms with Crippen LogP contribution in [-0.2, 0) is 5.41 Å². The average Bonchev–Trinajstić information content (AvgIpc) is 2.27. The van der Waals surface area contributed by atoms with Gasteiger partial charge in [-0.25, -0.2) is 0 Å². The molecule has 1 aliphatic heterocycles. The van der Waals surface area contributed by atoms with Crippen LogP contribution in [0.3, 0.4) is 0 Å². The van der Waals surface area contributed by atoms with Crippen LogP contribution >= 0.6 is 0 Å². The number of hydrogen-bond acceptors (Lipinski definition) is 1. The van der Waals surface area contributed by atoms with Gasteiger partial charge in [-0.15, -0.1) is 0 Å². The summed E-state index contributed by atoms with van der Waals surface area (Å²) in [5, 5.41) is 0. The van der Waals surface area contributed by atoms with Gasteiger partial charge >= 0.3 is 0 Å². The lowest BCUT2D eigenvalue weighted by Gasteiger charge is -2.20. The first kappa shape index (κ1) is 8.49. The largest absolute Gasteiger partial charge is 0.257 e. The van der Waals surface area contributed by atoms with Gasteiger partial charge in [0.25, 0.3) is 0 Å². The summed E-state index contributed by atoms with van der Waals surface area (Å²) in [7, 11) is 0. The van der Waals surface area contributed by atoms with Crippen molar-refractivity contribution >= 4 is 11.4 Å². The molecule has 1 aromatic carbocycles. The van der Waals surface area contributed by atoms with E-state index in [1.165, 1.54) is 16.8 Å². The smallest absolute Gasteiger partial charge is 0.0670 e. The second-order valence-electron chi connectivity index (χ2n) is 4.34. The average molecular weight is 173 g/mol. The van der Waals surface area contributed by atoms with Gasteiger partial charge in [-0.3, -0.25) is 4.99 Å². The summed E-state index contributed by atoms with van der Waals surface area (Å²) in [6, 6.07) is 6.48. The summed E-state index contributed by atoms with van der Waals surface area (Å²) in [5.74, 6) is 0. The Labute approximate surface area is 79.5 Å². The van der Waals surface area contributed by atoms with Crippen LogP contribution in [0.1, 0.15) is 31.9 Å². The first-order valence-corrected chi connectivity index (χ1v) is 4.69. The zero-order valence-corrected chi connectivity index (χ0v) is 8.68. The Morgan fingerprint density at radius 3 is 2.54 bits per heavy atom. The lowest BCUT2D eigenvalue weighted by Crippen LogP contribution is -2.22. The van der Waals surface area contributed by atoms with Gasteiger partial charge in [0.05, 0.1) is 5.69 Å². The van der Waals surface area contributed by atoms with E-state index in [1.807, 2.05) is 0 Å². The minimum absolute atomic E-state index is 0.126. The number of fused-ring (bicyclic) bond motifs is 1. The zero-order valence-electron chi connectivity index (χ0n) is 8.68. The minimum atomic E-state index is 0.126. The Morgan fingerprint density at radius 1 is 1.15 bits per heavy atom. The number of nitrogens with zero attached hydrogens (tertiary/aromatic N) is 1. The number of rotatable bonds is 0. The SMILES string of the molecule is CC1=Nc2ccc(C)cc2C1(C)C. The van der Waals surface area contributed by atoms with E-state index in [0.717, 1.165) is 5.69 Å². The van der Waals surface area contributed by atoms with Gasteiger partial charge in [0.2, 0.25) is 0 Å². The molecule has 1 heterocycles. The van der Waals surface area contributed by atoms with E-state index in [1.54, 1.807) is 0 Å². The third-order valence-electron chi connectivity index (χ3n) is 3.02. The van der Waals surface area contributed by atoms with E-state index >= 15 is 0 Å². The van der Waals surface area contributed by atoms with Crippen LogP contribution in [0.15, 0.2) is 23.2 Å². The fraction of sp³-hybridized carbons (Fsp3) is 0.417. The molecule has 0 amide bonds. The molecule has 0 aromatic heterocycles. The normalized spacial score (nSPS) is 18.3. The van der Waals surface area contributed by atoms with Gasteiger partial charge in [0.1, 0.15) is 0 Å². The minimum Gasteiger partial charge on any atom is -0.257 e. The molecule has 0 unspecified atom stereocenters. The van der Waals surface area contributed by atoms with Crippen molar-refractivity contribution in [2.24, 2.45) is 4.99 Å². The Balaban J connectivity index is 2.65. The van der Waals surface area contributed by atoms with Crippen molar-refractivity contribution in [2.45, 2.75) is 33.1 Å². The Kier molecular flexibility index (Phi) is 1.59. The van der Waals surface area contributed by atoms with Crippen LogP contribution in [-0.4, -0.2) is 5.71 Å². The van der Waals surface area contributed by atoms with Crippen molar-refractivity contribution in [3.8, 4) is 0 Å². The van der Waals surface area contributed by atoms with Gasteiger partial charge in [0, 0.05) is 11.1 Å². The molecule has 0 spiro atoms. The Hall–Kier alpha value is -1.11. The Morgan fingerprint density at radius 2 is 1.85 bits per heavy atom. The van der Waals surface area contributed by atoms with E-state index in [2.05, 4.69) is 50.9 Å². The molecule has 0 bridgehead atoms. The summed E-state index contributed by atoms with van der Waals surface area (Å²) >= 11 is 0. The summed E-state index contributed by atoms with van der Waals surface area (Å²) in [6.07, 6.45) is 0. The zero-order chi connectivity index (χ0) is 9.64. The fourth-order valence-corrected chi connectivity index (χ4v) is 1.76. The molecular formula is C12H15N. The van der Waals surface area contributed by atoms with E-state index in [-0.39, 0.29) is 5.41 Å². The van der Waals surface area contributed by atoms with Gasteiger partial charge in [0.15, 0.2) is 0 Å². The van der Waals surface area contributed by atoms with Crippen molar-refractivity contribution < 1.29 is 0 Å². The van der Waals surface area contributed by atoms with E-state index in [9.17, 15) is 0 Å². The van der Waals surface area contributed by atoms with E-state index < -0.39 is 0 Å². The van der Waals surface area contributed by atoms with Gasteiger partial charge in [-0.1, -0.05) is 31.5 Å². The predicted octanol–water partition coefficient (Wildman–Crippen LogP) is 3.38. The topological polar surface area (TPSA) is 12.4 Å². The lowest BCUT2D eigenvalue weighted by molar-refractivity contribution is 0.732. The molecule has 0 aliphatic carbocycles. The summed E-state index contributed by atoms with van der Waals surface area (Å²) in [5.41, 5.74) is 5.17. The molecule has 1 nitrogen and oxygen atoms in total. The van der Waals surface area contributed by atoms with Crippen LogP contribution in [0.25, 0.3) is 0 Å². The molecule has 2 rings (SSSR count). The molecule has 0 fully saturated rings. The third kappa shape index (κ3) is 1.11. The summed E-state index contributed by atoms with van der Waals surface area (Å²) < 4.78 is 0. The molecule has 13 heavy (non-hydrogen) atoms. The van der Waals surface area contributed by atoms with Crippen molar-refractivity contribution in [1.82, 2.24) is 0 Å². The molecule has 0 saturated heterocycles. The van der Waals surface area contributed by atoms with E-state index in [4.69, 9.17) is 0 Å².